The minimum atomic E-state index is -3.98. The lowest BCUT2D eigenvalue weighted by atomic mass is 10.1. The number of carbonyl (C=O) groups excluding carboxylic acids is 2. The van der Waals surface area contributed by atoms with Gasteiger partial charge in [0.1, 0.15) is 5.82 Å². The van der Waals surface area contributed by atoms with E-state index < -0.39 is 27.5 Å². The summed E-state index contributed by atoms with van der Waals surface area (Å²) in [5.74, 6) is -1.90. The lowest BCUT2D eigenvalue weighted by Crippen LogP contribution is -2.29. The molecule has 0 radical (unpaired) electrons. The molecule has 9 heteroatoms. The van der Waals surface area contributed by atoms with Gasteiger partial charge in [0.15, 0.2) is 0 Å². The van der Waals surface area contributed by atoms with Crippen LogP contribution in [0.25, 0.3) is 10.9 Å². The number of rotatable bonds is 5. The first-order valence-corrected chi connectivity index (χ1v) is 9.74. The Hall–Kier alpha value is -3.20. The van der Waals surface area contributed by atoms with E-state index in [0.29, 0.717) is 16.5 Å². The Balaban J connectivity index is 2.01. The summed E-state index contributed by atoms with van der Waals surface area (Å²) in [5, 5.41) is 0.318. The van der Waals surface area contributed by atoms with Crippen molar-refractivity contribution in [2.75, 3.05) is 18.8 Å². The van der Waals surface area contributed by atoms with Crippen molar-refractivity contribution in [1.29, 1.82) is 0 Å². The van der Waals surface area contributed by atoms with Gasteiger partial charge in [-0.3, -0.25) is 14.3 Å². The molecule has 0 bridgehead atoms. The molecule has 1 aromatic heterocycles. The number of likely N-dealkylation sites (N-methyl/N-ethyl adjacent to an activating group) is 1. The fraction of sp³-hybridized carbons (Fsp3) is 0.158. The van der Waals surface area contributed by atoms with E-state index in [0.717, 1.165) is 4.90 Å². The number of nitrogens with one attached hydrogen (secondary N) is 2. The maximum atomic E-state index is 13.4. The molecule has 7 nitrogen and oxygen atoms in total. The van der Waals surface area contributed by atoms with Crippen LogP contribution in [0.4, 0.5) is 10.1 Å². The molecule has 0 fully saturated rings. The van der Waals surface area contributed by atoms with E-state index in [4.69, 9.17) is 0 Å². The molecule has 0 atom stereocenters. The molecule has 1 amide bonds. The fourth-order valence-electron chi connectivity index (χ4n) is 2.70. The lowest BCUT2D eigenvalue weighted by molar-refractivity contribution is -0.124. The van der Waals surface area contributed by atoms with E-state index in [2.05, 4.69) is 9.71 Å². The average Bonchev–Trinajstić information content (AvgIpc) is 3.06. The number of sulfonamides is 1. The summed E-state index contributed by atoms with van der Waals surface area (Å²) in [7, 11) is -1.07. The van der Waals surface area contributed by atoms with Crippen molar-refractivity contribution in [2.45, 2.75) is 11.8 Å². The first-order chi connectivity index (χ1) is 13.1. The minimum Gasteiger partial charge on any atom is -0.360 e. The monoisotopic (exact) mass is 403 g/mol. The summed E-state index contributed by atoms with van der Waals surface area (Å²) in [5.41, 5.74) is 1.12. The first kappa shape index (κ1) is 19.6. The summed E-state index contributed by atoms with van der Waals surface area (Å²) < 4.78 is 41.2. The lowest BCUT2D eigenvalue weighted by Gasteiger charge is -2.10. The van der Waals surface area contributed by atoms with Crippen molar-refractivity contribution < 1.29 is 22.4 Å². The molecular weight excluding hydrogens is 385 g/mol. The molecule has 0 spiro atoms. The van der Waals surface area contributed by atoms with Crippen LogP contribution in [0.2, 0.25) is 0 Å². The molecule has 3 aromatic rings. The molecule has 0 saturated carbocycles. The highest BCUT2D eigenvalue weighted by molar-refractivity contribution is 7.92. The average molecular weight is 403 g/mol. The van der Waals surface area contributed by atoms with Gasteiger partial charge < -0.3 is 9.88 Å². The molecule has 3 rings (SSSR count). The Kier molecular flexibility index (Phi) is 4.95. The highest BCUT2D eigenvalue weighted by Crippen LogP contribution is 2.25. The number of aromatic nitrogens is 1. The third-order valence-electron chi connectivity index (χ3n) is 4.22. The van der Waals surface area contributed by atoms with E-state index in [1.807, 2.05) is 0 Å². The highest BCUT2D eigenvalue weighted by atomic mass is 32.2. The topological polar surface area (TPSA) is 99.3 Å². The molecule has 0 aliphatic rings. The summed E-state index contributed by atoms with van der Waals surface area (Å²) in [6.07, 6.45) is 1.38. The van der Waals surface area contributed by atoms with Crippen molar-refractivity contribution in [2.24, 2.45) is 0 Å². The summed E-state index contributed by atoms with van der Waals surface area (Å²) >= 11 is 0. The van der Waals surface area contributed by atoms with E-state index >= 15 is 0 Å². The second kappa shape index (κ2) is 7.08. The molecule has 0 saturated heterocycles. The van der Waals surface area contributed by atoms with Crippen LogP contribution < -0.4 is 4.72 Å². The Morgan fingerprint density at radius 3 is 2.46 bits per heavy atom. The number of hydrogen-bond donors (Lipinski definition) is 2. The van der Waals surface area contributed by atoms with Crippen LogP contribution in [0.3, 0.4) is 0 Å². The van der Waals surface area contributed by atoms with Crippen LogP contribution >= 0.6 is 0 Å². The summed E-state index contributed by atoms with van der Waals surface area (Å²) in [6, 6.07) is 8.08. The quantitative estimate of drug-likeness (QED) is 0.505. The number of nitrogens with zero attached hydrogens (tertiary/aromatic N) is 1. The van der Waals surface area contributed by atoms with Gasteiger partial charge in [-0.15, -0.1) is 0 Å². The molecule has 0 aliphatic heterocycles. The highest BCUT2D eigenvalue weighted by Gasteiger charge is 2.23. The number of aromatic amines is 1. The van der Waals surface area contributed by atoms with Crippen LogP contribution in [0.5, 0.6) is 0 Å². The largest absolute Gasteiger partial charge is 0.360 e. The third-order valence-corrected chi connectivity index (χ3v) is 5.60. The molecule has 2 N–H and O–H groups in total. The summed E-state index contributed by atoms with van der Waals surface area (Å²) in [6.45, 7) is 1.53. The number of carbonyl (C=O) groups is 2. The number of Topliss-reactive ketones (excluding diaryl/α,β-unsaturated/α-hetero) is 1. The standard InChI is InChI=1S/C19H18FN3O4S/c1-11-8-12(4-6-16(11)20)22-28(26,27)13-5-7-17-14(9-13)15(10-21-17)18(24)19(25)23(2)3/h4-10,21-22H,1-3H3. The fourth-order valence-corrected chi connectivity index (χ4v) is 3.77. The van der Waals surface area contributed by atoms with Crippen molar-refractivity contribution in [3.63, 3.8) is 0 Å². The number of amides is 1. The van der Waals surface area contributed by atoms with Crippen LogP contribution in [0.15, 0.2) is 47.5 Å². The number of halogens is 1. The normalized spacial score (nSPS) is 11.4. The number of ketones is 1. The Bertz CT molecular complexity index is 1200. The second-order valence-electron chi connectivity index (χ2n) is 6.51. The van der Waals surface area contributed by atoms with E-state index in [-0.39, 0.29) is 16.1 Å². The number of anilines is 1. The molecular formula is C19H18FN3O4S. The van der Waals surface area contributed by atoms with Crippen LogP contribution in [0.1, 0.15) is 15.9 Å². The first-order valence-electron chi connectivity index (χ1n) is 8.26. The number of aryl methyl sites for hydroxylation is 1. The van der Waals surface area contributed by atoms with Crippen LogP contribution in [-0.2, 0) is 14.8 Å². The molecule has 0 aliphatic carbocycles. The maximum Gasteiger partial charge on any atom is 0.294 e. The van der Waals surface area contributed by atoms with Gasteiger partial charge in [-0.2, -0.15) is 0 Å². The van der Waals surface area contributed by atoms with Crippen molar-refractivity contribution in [1.82, 2.24) is 9.88 Å². The van der Waals surface area contributed by atoms with Gasteiger partial charge in [-0.25, -0.2) is 12.8 Å². The van der Waals surface area contributed by atoms with Gasteiger partial charge in [-0.1, -0.05) is 0 Å². The van der Waals surface area contributed by atoms with Gasteiger partial charge in [0.05, 0.1) is 10.5 Å². The Morgan fingerprint density at radius 2 is 1.82 bits per heavy atom. The second-order valence-corrected chi connectivity index (χ2v) is 8.19. The van der Waals surface area contributed by atoms with Gasteiger partial charge >= 0.3 is 0 Å². The van der Waals surface area contributed by atoms with Gasteiger partial charge in [0.2, 0.25) is 0 Å². The maximum absolute atomic E-state index is 13.4. The third kappa shape index (κ3) is 3.61. The Morgan fingerprint density at radius 1 is 1.11 bits per heavy atom. The van der Waals surface area contributed by atoms with Crippen molar-refractivity contribution in [3.8, 4) is 0 Å². The minimum absolute atomic E-state index is 0.0865. The zero-order chi connectivity index (χ0) is 20.6. The smallest absolute Gasteiger partial charge is 0.294 e. The predicted octanol–water partition coefficient (Wildman–Crippen LogP) is 2.69. The zero-order valence-electron chi connectivity index (χ0n) is 15.4. The van der Waals surface area contributed by atoms with Crippen molar-refractivity contribution in [3.05, 3.63) is 59.5 Å². The number of benzene rings is 2. The van der Waals surface area contributed by atoms with E-state index in [9.17, 15) is 22.4 Å². The van der Waals surface area contributed by atoms with Crippen LogP contribution in [-0.4, -0.2) is 44.1 Å². The zero-order valence-corrected chi connectivity index (χ0v) is 16.2. The molecule has 28 heavy (non-hydrogen) atoms. The van der Waals surface area contributed by atoms with E-state index in [1.165, 1.54) is 63.6 Å². The molecule has 1 heterocycles. The Labute approximate surface area is 161 Å². The molecule has 146 valence electrons. The van der Waals surface area contributed by atoms with E-state index in [1.54, 1.807) is 0 Å². The van der Waals surface area contributed by atoms with Gasteiger partial charge in [0.25, 0.3) is 21.7 Å². The number of hydrogen-bond acceptors (Lipinski definition) is 4. The van der Waals surface area contributed by atoms with Crippen LogP contribution in [0, 0.1) is 12.7 Å². The number of fused-ring (bicyclic) bond motifs is 1. The van der Waals surface area contributed by atoms with Gasteiger partial charge in [0, 0.05) is 36.9 Å². The molecule has 0 unspecified atom stereocenters. The predicted molar refractivity (Wildman–Crippen MR) is 103 cm³/mol. The SMILES string of the molecule is Cc1cc(NS(=O)(=O)c2ccc3[nH]cc(C(=O)C(=O)N(C)C)c3c2)ccc1F. The molecule has 2 aromatic carbocycles. The summed E-state index contributed by atoms with van der Waals surface area (Å²) in [4.78, 5) is 28.3. The number of H-pyrrole nitrogens is 1. The van der Waals surface area contributed by atoms with Crippen molar-refractivity contribution >= 4 is 38.3 Å². The van der Waals surface area contributed by atoms with Gasteiger partial charge in [-0.05, 0) is 48.9 Å².